The quantitative estimate of drug-likeness (QED) is 0.589. The van der Waals surface area contributed by atoms with Crippen molar-refractivity contribution in [2.45, 2.75) is 34.2 Å². The van der Waals surface area contributed by atoms with Crippen molar-refractivity contribution >= 4 is 0 Å². The van der Waals surface area contributed by atoms with E-state index < -0.39 is 0 Å². The highest BCUT2D eigenvalue weighted by molar-refractivity contribution is 5.37. The molecule has 0 heterocycles. The minimum Gasteiger partial charge on any atom is -0.376 e. The topological polar surface area (TPSA) is 21.3 Å². The van der Waals surface area contributed by atoms with E-state index in [1.165, 1.54) is 22.3 Å². The number of benzene rings is 1. The van der Waals surface area contributed by atoms with Gasteiger partial charge in [-0.1, -0.05) is 29.8 Å². The molecule has 0 saturated carbocycles. The summed E-state index contributed by atoms with van der Waals surface area (Å²) in [6.45, 7) is 15.5. The Morgan fingerprint density at radius 2 is 1.83 bits per heavy atom. The summed E-state index contributed by atoms with van der Waals surface area (Å²) < 4.78 is 5.45. The molecule has 1 rings (SSSR count). The normalized spacial score (nSPS) is 10.7. The highest BCUT2D eigenvalue weighted by Crippen LogP contribution is 2.15. The van der Waals surface area contributed by atoms with Crippen LogP contribution in [-0.4, -0.2) is 19.8 Å². The molecule has 0 saturated heterocycles. The van der Waals surface area contributed by atoms with Crippen LogP contribution in [0.3, 0.4) is 0 Å². The summed E-state index contributed by atoms with van der Waals surface area (Å²) in [5.41, 5.74) is 6.53. The molecule has 0 radical (unpaired) electrons. The van der Waals surface area contributed by atoms with Crippen LogP contribution in [0.2, 0.25) is 0 Å². The first kappa shape index (κ1) is 14.9. The Labute approximate surface area is 111 Å². The molecule has 2 heteroatoms. The summed E-state index contributed by atoms with van der Waals surface area (Å²) in [6, 6.07) is 4.48. The molecule has 0 aliphatic rings. The summed E-state index contributed by atoms with van der Waals surface area (Å²) in [7, 11) is 0. The van der Waals surface area contributed by atoms with Gasteiger partial charge in [0.15, 0.2) is 0 Å². The van der Waals surface area contributed by atoms with E-state index >= 15 is 0 Å². The largest absolute Gasteiger partial charge is 0.376 e. The SMILES string of the molecule is C=C(C)COCCNCc1c(C)cc(C)cc1C. The van der Waals surface area contributed by atoms with Crippen LogP contribution in [0.15, 0.2) is 24.3 Å². The van der Waals surface area contributed by atoms with Crippen LogP contribution < -0.4 is 5.32 Å². The van der Waals surface area contributed by atoms with Crippen LogP contribution in [0.4, 0.5) is 0 Å². The molecule has 0 fully saturated rings. The molecule has 0 amide bonds. The summed E-state index contributed by atoms with van der Waals surface area (Å²) in [5, 5.41) is 3.42. The number of hydrogen-bond donors (Lipinski definition) is 1. The zero-order valence-corrected chi connectivity index (χ0v) is 12.1. The van der Waals surface area contributed by atoms with Crippen LogP contribution >= 0.6 is 0 Å². The van der Waals surface area contributed by atoms with Gasteiger partial charge in [-0.05, 0) is 44.4 Å². The third-order valence-corrected chi connectivity index (χ3v) is 2.91. The van der Waals surface area contributed by atoms with Gasteiger partial charge in [-0.3, -0.25) is 0 Å². The number of rotatable bonds is 7. The van der Waals surface area contributed by atoms with Gasteiger partial charge in [0.1, 0.15) is 0 Å². The van der Waals surface area contributed by atoms with E-state index in [2.05, 4.69) is 44.8 Å². The van der Waals surface area contributed by atoms with E-state index in [-0.39, 0.29) is 0 Å². The Bertz CT molecular complexity index is 387. The number of ether oxygens (including phenoxy) is 1. The molecule has 1 N–H and O–H groups in total. The van der Waals surface area contributed by atoms with Crippen molar-refractivity contribution in [1.82, 2.24) is 5.32 Å². The fourth-order valence-electron chi connectivity index (χ4n) is 2.09. The predicted octanol–water partition coefficient (Wildman–Crippen LogP) is 3.29. The lowest BCUT2D eigenvalue weighted by Gasteiger charge is -2.12. The Morgan fingerprint density at radius 1 is 1.22 bits per heavy atom. The van der Waals surface area contributed by atoms with Gasteiger partial charge in [-0.25, -0.2) is 0 Å². The monoisotopic (exact) mass is 247 g/mol. The maximum atomic E-state index is 5.45. The van der Waals surface area contributed by atoms with E-state index in [0.717, 1.165) is 25.3 Å². The first-order valence-corrected chi connectivity index (χ1v) is 6.50. The van der Waals surface area contributed by atoms with Crippen molar-refractivity contribution in [1.29, 1.82) is 0 Å². The number of aryl methyl sites for hydroxylation is 3. The third kappa shape index (κ3) is 5.03. The second-order valence-electron chi connectivity index (χ2n) is 5.06. The molecule has 0 bridgehead atoms. The molecule has 100 valence electrons. The van der Waals surface area contributed by atoms with Gasteiger partial charge in [0, 0.05) is 13.1 Å². The standard InChI is InChI=1S/C16H25NO/c1-12(2)11-18-7-6-17-10-16-14(4)8-13(3)9-15(16)5/h8-9,17H,1,6-7,10-11H2,2-5H3. The van der Waals surface area contributed by atoms with Crippen LogP contribution in [0.1, 0.15) is 29.2 Å². The fraction of sp³-hybridized carbons (Fsp3) is 0.500. The minimum atomic E-state index is 0.657. The molecule has 0 unspecified atom stereocenters. The van der Waals surface area contributed by atoms with Crippen molar-refractivity contribution in [3.63, 3.8) is 0 Å². The van der Waals surface area contributed by atoms with Crippen LogP contribution in [0.5, 0.6) is 0 Å². The summed E-state index contributed by atoms with van der Waals surface area (Å²) in [4.78, 5) is 0. The van der Waals surface area contributed by atoms with Gasteiger partial charge in [0.25, 0.3) is 0 Å². The molecular weight excluding hydrogens is 222 g/mol. The third-order valence-electron chi connectivity index (χ3n) is 2.91. The number of hydrogen-bond acceptors (Lipinski definition) is 2. The molecule has 1 aromatic rings. The molecule has 0 aromatic heterocycles. The van der Waals surface area contributed by atoms with E-state index in [4.69, 9.17) is 4.74 Å². The second kappa shape index (κ2) is 7.34. The molecule has 0 atom stereocenters. The van der Waals surface area contributed by atoms with Gasteiger partial charge in [-0.15, -0.1) is 0 Å². The molecule has 0 aliphatic heterocycles. The van der Waals surface area contributed by atoms with E-state index in [1.807, 2.05) is 6.92 Å². The summed E-state index contributed by atoms with van der Waals surface area (Å²) in [5.74, 6) is 0. The summed E-state index contributed by atoms with van der Waals surface area (Å²) >= 11 is 0. The zero-order chi connectivity index (χ0) is 13.5. The smallest absolute Gasteiger partial charge is 0.0672 e. The average Bonchev–Trinajstić information content (AvgIpc) is 2.25. The van der Waals surface area contributed by atoms with E-state index in [1.54, 1.807) is 0 Å². The van der Waals surface area contributed by atoms with Gasteiger partial charge in [0.2, 0.25) is 0 Å². The first-order valence-electron chi connectivity index (χ1n) is 6.50. The second-order valence-corrected chi connectivity index (χ2v) is 5.06. The van der Waals surface area contributed by atoms with Gasteiger partial charge in [-0.2, -0.15) is 0 Å². The maximum Gasteiger partial charge on any atom is 0.0672 e. The molecular formula is C16H25NO. The van der Waals surface area contributed by atoms with Crippen LogP contribution in [0.25, 0.3) is 0 Å². The van der Waals surface area contributed by atoms with Crippen molar-refractivity contribution in [2.24, 2.45) is 0 Å². The Balaban J connectivity index is 2.33. The van der Waals surface area contributed by atoms with Crippen molar-refractivity contribution in [2.75, 3.05) is 19.8 Å². The number of nitrogens with one attached hydrogen (secondary N) is 1. The Morgan fingerprint density at radius 3 is 2.39 bits per heavy atom. The average molecular weight is 247 g/mol. The lowest BCUT2D eigenvalue weighted by molar-refractivity contribution is 0.157. The molecule has 0 spiro atoms. The van der Waals surface area contributed by atoms with Crippen molar-refractivity contribution < 1.29 is 4.74 Å². The molecule has 2 nitrogen and oxygen atoms in total. The Hall–Kier alpha value is -1.12. The van der Waals surface area contributed by atoms with Crippen molar-refractivity contribution in [3.05, 3.63) is 46.5 Å². The minimum absolute atomic E-state index is 0.657. The van der Waals surface area contributed by atoms with Crippen LogP contribution in [0, 0.1) is 20.8 Å². The van der Waals surface area contributed by atoms with Gasteiger partial charge < -0.3 is 10.1 Å². The van der Waals surface area contributed by atoms with Crippen molar-refractivity contribution in [3.8, 4) is 0 Å². The lowest BCUT2D eigenvalue weighted by atomic mass is 10.00. The fourth-order valence-corrected chi connectivity index (χ4v) is 2.09. The molecule has 1 aromatic carbocycles. The highest BCUT2D eigenvalue weighted by Gasteiger charge is 2.02. The predicted molar refractivity (Wildman–Crippen MR) is 78.0 cm³/mol. The lowest BCUT2D eigenvalue weighted by Crippen LogP contribution is -2.20. The zero-order valence-electron chi connectivity index (χ0n) is 12.1. The van der Waals surface area contributed by atoms with E-state index in [0.29, 0.717) is 6.61 Å². The maximum absolute atomic E-state index is 5.45. The highest BCUT2D eigenvalue weighted by atomic mass is 16.5. The Kier molecular flexibility index (Phi) is 6.10. The summed E-state index contributed by atoms with van der Waals surface area (Å²) in [6.07, 6.45) is 0. The molecule has 18 heavy (non-hydrogen) atoms. The van der Waals surface area contributed by atoms with Gasteiger partial charge in [0.05, 0.1) is 13.2 Å². The van der Waals surface area contributed by atoms with Crippen LogP contribution in [-0.2, 0) is 11.3 Å². The molecule has 0 aliphatic carbocycles. The first-order chi connectivity index (χ1) is 8.50. The van der Waals surface area contributed by atoms with E-state index in [9.17, 15) is 0 Å². The van der Waals surface area contributed by atoms with Gasteiger partial charge >= 0.3 is 0 Å².